The molecule has 0 saturated carbocycles. The summed E-state index contributed by atoms with van der Waals surface area (Å²) in [5.41, 5.74) is 2.39. The molecule has 7 heteroatoms. The van der Waals surface area contributed by atoms with Crippen molar-refractivity contribution >= 4 is 6.09 Å². The van der Waals surface area contributed by atoms with E-state index in [4.69, 9.17) is 14.2 Å². The molecule has 3 atom stereocenters. The van der Waals surface area contributed by atoms with Crippen molar-refractivity contribution in [3.8, 4) is 11.5 Å². The minimum Gasteiger partial charge on any atom is -0.497 e. The first-order valence-corrected chi connectivity index (χ1v) is 10.8. The molecule has 1 amide bonds. The first-order valence-electron chi connectivity index (χ1n) is 10.8. The van der Waals surface area contributed by atoms with Crippen LogP contribution in [-0.2, 0) is 11.3 Å². The van der Waals surface area contributed by atoms with Gasteiger partial charge in [-0.3, -0.25) is 0 Å². The van der Waals surface area contributed by atoms with E-state index in [1.807, 2.05) is 36.4 Å². The lowest BCUT2D eigenvalue weighted by Crippen LogP contribution is -2.24. The van der Waals surface area contributed by atoms with Crippen molar-refractivity contribution in [2.75, 3.05) is 7.11 Å². The van der Waals surface area contributed by atoms with E-state index in [0.717, 1.165) is 11.1 Å². The van der Waals surface area contributed by atoms with Gasteiger partial charge < -0.3 is 24.6 Å². The molecule has 1 aliphatic heterocycles. The summed E-state index contributed by atoms with van der Waals surface area (Å²) in [5.74, 6) is 0.857. The van der Waals surface area contributed by atoms with Crippen molar-refractivity contribution in [3.05, 3.63) is 95.3 Å². The van der Waals surface area contributed by atoms with Gasteiger partial charge in [0, 0.05) is 11.6 Å². The predicted molar refractivity (Wildman–Crippen MR) is 121 cm³/mol. The zero-order chi connectivity index (χ0) is 23.2. The van der Waals surface area contributed by atoms with E-state index >= 15 is 0 Å². The minimum atomic E-state index is -0.796. The van der Waals surface area contributed by atoms with Crippen molar-refractivity contribution in [1.82, 2.24) is 5.32 Å². The summed E-state index contributed by atoms with van der Waals surface area (Å²) in [5, 5.41) is 13.4. The lowest BCUT2D eigenvalue weighted by molar-refractivity contribution is 0.100. The molecule has 1 aliphatic rings. The van der Waals surface area contributed by atoms with Crippen LogP contribution < -0.4 is 14.8 Å². The van der Waals surface area contributed by atoms with Crippen LogP contribution in [0.5, 0.6) is 11.5 Å². The third-order valence-corrected chi connectivity index (χ3v) is 5.68. The Balaban J connectivity index is 1.50. The highest BCUT2D eigenvalue weighted by atomic mass is 19.1. The number of alkyl carbamates (subject to hydrolysis) is 1. The maximum Gasteiger partial charge on any atom is 0.408 e. The fraction of sp³-hybridized carbons (Fsp3) is 0.269. The van der Waals surface area contributed by atoms with E-state index < -0.39 is 24.3 Å². The summed E-state index contributed by atoms with van der Waals surface area (Å²) in [7, 11) is 1.58. The molecule has 6 nitrogen and oxygen atoms in total. The molecule has 2 N–H and O–H groups in total. The molecule has 0 aliphatic carbocycles. The van der Waals surface area contributed by atoms with Crippen LogP contribution in [0.2, 0.25) is 0 Å². The summed E-state index contributed by atoms with van der Waals surface area (Å²) in [6, 6.07) is 20.5. The van der Waals surface area contributed by atoms with Gasteiger partial charge in [0.05, 0.1) is 19.3 Å². The zero-order valence-corrected chi connectivity index (χ0v) is 18.2. The minimum absolute atomic E-state index is 0.345. The Morgan fingerprint density at radius 3 is 2.58 bits per heavy atom. The summed E-state index contributed by atoms with van der Waals surface area (Å²) >= 11 is 0. The van der Waals surface area contributed by atoms with Gasteiger partial charge in [0.1, 0.15) is 30.0 Å². The van der Waals surface area contributed by atoms with Crippen molar-refractivity contribution in [1.29, 1.82) is 0 Å². The second-order valence-corrected chi connectivity index (χ2v) is 7.89. The van der Waals surface area contributed by atoms with Gasteiger partial charge in [-0.15, -0.1) is 0 Å². The number of halogens is 1. The van der Waals surface area contributed by atoms with Gasteiger partial charge in [-0.05, 0) is 48.2 Å². The lowest BCUT2D eigenvalue weighted by atomic mass is 9.95. The van der Waals surface area contributed by atoms with Crippen LogP contribution in [0.3, 0.4) is 0 Å². The molecule has 3 aromatic rings. The molecule has 33 heavy (non-hydrogen) atoms. The Hall–Kier alpha value is -3.58. The Morgan fingerprint density at radius 2 is 1.85 bits per heavy atom. The van der Waals surface area contributed by atoms with Gasteiger partial charge in [-0.1, -0.05) is 42.5 Å². The van der Waals surface area contributed by atoms with Crippen LogP contribution in [0.1, 0.15) is 41.7 Å². The Morgan fingerprint density at radius 1 is 1.09 bits per heavy atom. The van der Waals surface area contributed by atoms with Crippen LogP contribution >= 0.6 is 0 Å². The summed E-state index contributed by atoms with van der Waals surface area (Å²) in [4.78, 5) is 12.1. The van der Waals surface area contributed by atoms with Gasteiger partial charge in [0.2, 0.25) is 0 Å². The van der Waals surface area contributed by atoms with Gasteiger partial charge in [0.25, 0.3) is 0 Å². The van der Waals surface area contributed by atoms with Crippen LogP contribution in [0.4, 0.5) is 9.18 Å². The third-order valence-electron chi connectivity index (χ3n) is 5.68. The molecule has 0 spiro atoms. The maximum absolute atomic E-state index is 13.2. The lowest BCUT2D eigenvalue weighted by Gasteiger charge is -2.22. The molecule has 172 valence electrons. The molecular weight excluding hydrogens is 425 g/mol. The summed E-state index contributed by atoms with van der Waals surface area (Å²) in [6.07, 6.45) is -1.06. The first kappa shape index (κ1) is 22.6. The highest BCUT2D eigenvalue weighted by Gasteiger charge is 2.37. The van der Waals surface area contributed by atoms with E-state index in [1.165, 1.54) is 12.1 Å². The average Bonchev–Trinajstić information content (AvgIpc) is 3.22. The van der Waals surface area contributed by atoms with Crippen molar-refractivity contribution < 1.29 is 28.5 Å². The van der Waals surface area contributed by atoms with E-state index in [-0.39, 0.29) is 5.82 Å². The van der Waals surface area contributed by atoms with E-state index in [9.17, 15) is 14.3 Å². The molecule has 0 radical (unpaired) electrons. The quantitative estimate of drug-likeness (QED) is 0.475. The van der Waals surface area contributed by atoms with E-state index in [2.05, 4.69) is 5.32 Å². The number of benzene rings is 3. The average molecular weight is 451 g/mol. The number of ether oxygens (including phenoxy) is 3. The second kappa shape index (κ2) is 10.4. The molecule has 1 fully saturated rings. The molecule has 3 aromatic carbocycles. The number of aliphatic hydroxyl groups is 1. The number of hydrogen-bond acceptors (Lipinski definition) is 5. The molecular formula is C26H26FNO5. The molecule has 0 aromatic heterocycles. The van der Waals surface area contributed by atoms with Crippen LogP contribution in [0, 0.1) is 5.82 Å². The number of nitrogens with one attached hydrogen (secondary N) is 1. The summed E-state index contributed by atoms with van der Waals surface area (Å²) < 4.78 is 30.1. The molecule has 4 rings (SSSR count). The topological polar surface area (TPSA) is 77.0 Å². The molecule has 0 bridgehead atoms. The Kier molecular flexibility index (Phi) is 7.10. The van der Waals surface area contributed by atoms with Crippen LogP contribution in [0.25, 0.3) is 0 Å². The second-order valence-electron chi connectivity index (χ2n) is 7.89. The van der Waals surface area contributed by atoms with Crippen LogP contribution in [-0.4, -0.2) is 24.4 Å². The molecule has 1 heterocycles. The Labute approximate surface area is 191 Å². The van der Waals surface area contributed by atoms with Crippen molar-refractivity contribution in [2.45, 2.75) is 37.7 Å². The number of cyclic esters (lactones) is 1. The fourth-order valence-electron chi connectivity index (χ4n) is 3.90. The smallest absolute Gasteiger partial charge is 0.408 e. The van der Waals surface area contributed by atoms with Gasteiger partial charge in [-0.2, -0.15) is 0 Å². The molecule has 1 saturated heterocycles. The highest BCUT2D eigenvalue weighted by Crippen LogP contribution is 2.37. The number of aliphatic hydroxyl groups excluding tert-OH is 1. The maximum atomic E-state index is 13.2. The van der Waals surface area contributed by atoms with E-state index in [0.29, 0.717) is 36.5 Å². The van der Waals surface area contributed by atoms with Gasteiger partial charge in [-0.25, -0.2) is 9.18 Å². The number of rotatable bonds is 9. The largest absolute Gasteiger partial charge is 0.497 e. The fourth-order valence-corrected chi connectivity index (χ4v) is 3.90. The normalized spacial score (nSPS) is 18.3. The van der Waals surface area contributed by atoms with Crippen LogP contribution in [0.15, 0.2) is 72.8 Å². The Bertz CT molecular complexity index is 1070. The first-order chi connectivity index (χ1) is 16.0. The SMILES string of the molecule is COc1ccc([C@H]2NC(=O)O[C@@H]2CC[C@H](O)c2ccc(F)cc2)c(OCc2ccccc2)c1. The monoisotopic (exact) mass is 451 g/mol. The number of methoxy groups -OCH3 is 1. The molecule has 0 unspecified atom stereocenters. The number of hydrogen-bond donors (Lipinski definition) is 2. The van der Waals surface area contributed by atoms with E-state index in [1.54, 1.807) is 31.4 Å². The van der Waals surface area contributed by atoms with Crippen molar-refractivity contribution in [3.63, 3.8) is 0 Å². The van der Waals surface area contributed by atoms with Gasteiger partial charge >= 0.3 is 6.09 Å². The zero-order valence-electron chi connectivity index (χ0n) is 18.2. The number of amides is 1. The third kappa shape index (κ3) is 5.62. The highest BCUT2D eigenvalue weighted by molar-refractivity contribution is 5.71. The number of carbonyl (C=O) groups is 1. The van der Waals surface area contributed by atoms with Gasteiger partial charge in [0.15, 0.2) is 0 Å². The van der Waals surface area contributed by atoms with Crippen molar-refractivity contribution in [2.24, 2.45) is 0 Å². The predicted octanol–water partition coefficient (Wildman–Crippen LogP) is 5.08. The number of carbonyl (C=O) groups excluding carboxylic acids is 1. The summed E-state index contributed by atoms with van der Waals surface area (Å²) in [6.45, 7) is 0.358. The standard InChI is InChI=1S/C26H26FNO5/c1-31-20-11-12-21(24(15-20)32-16-17-5-3-2-4-6-17)25-23(33-26(30)28-25)14-13-22(29)18-7-9-19(27)10-8-18/h2-12,15,22-23,25,29H,13-14,16H2,1H3,(H,28,30)/t22-,23+,25+/m0/s1.